The van der Waals surface area contributed by atoms with Crippen LogP contribution in [0.3, 0.4) is 0 Å². The SMILES string of the molecule is CCO[C@@]12OC[C@H]3C[C@@](Cl)([C@H]1Cl)C(OC)(OC)[C@]32Cl. The summed E-state index contributed by atoms with van der Waals surface area (Å²) in [6.07, 6.45) is 0.572. The average molecular weight is 332 g/mol. The van der Waals surface area contributed by atoms with Gasteiger partial charge < -0.3 is 18.9 Å². The Bertz CT molecular complexity index is 400. The third kappa shape index (κ3) is 1.17. The van der Waals surface area contributed by atoms with E-state index in [1.807, 2.05) is 6.92 Å². The minimum Gasteiger partial charge on any atom is -0.350 e. The quantitative estimate of drug-likeness (QED) is 0.585. The molecule has 0 radical (unpaired) electrons. The number of fused-ring (bicyclic) bond motifs is 1. The summed E-state index contributed by atoms with van der Waals surface area (Å²) in [5, 5.41) is -0.655. The largest absolute Gasteiger partial charge is 0.350 e. The van der Waals surface area contributed by atoms with E-state index in [4.69, 9.17) is 53.8 Å². The van der Waals surface area contributed by atoms with Crippen molar-refractivity contribution in [3.05, 3.63) is 0 Å². The maximum Gasteiger partial charge on any atom is 0.214 e. The highest BCUT2D eigenvalue weighted by Gasteiger charge is 2.93. The third-order valence-electron chi connectivity index (χ3n) is 4.81. The summed E-state index contributed by atoms with van der Waals surface area (Å²) in [4.78, 5) is -2.02. The van der Waals surface area contributed by atoms with Crippen LogP contribution in [0.1, 0.15) is 13.3 Å². The van der Waals surface area contributed by atoms with Crippen molar-refractivity contribution in [3.63, 3.8) is 0 Å². The van der Waals surface area contributed by atoms with Crippen LogP contribution in [0.4, 0.5) is 0 Å². The second-order valence-electron chi connectivity index (χ2n) is 5.27. The molecule has 1 saturated heterocycles. The monoisotopic (exact) mass is 330 g/mol. The van der Waals surface area contributed by atoms with Crippen LogP contribution in [0.15, 0.2) is 0 Å². The second-order valence-corrected chi connectivity index (χ2v) is 6.98. The summed E-state index contributed by atoms with van der Waals surface area (Å²) in [6, 6.07) is 0. The lowest BCUT2D eigenvalue weighted by Crippen LogP contribution is -2.61. The van der Waals surface area contributed by atoms with E-state index in [0.29, 0.717) is 19.6 Å². The molecule has 110 valence electrons. The molecule has 3 rings (SSSR count). The van der Waals surface area contributed by atoms with E-state index < -0.39 is 26.7 Å². The van der Waals surface area contributed by atoms with Crippen molar-refractivity contribution in [2.75, 3.05) is 27.4 Å². The summed E-state index contributed by atoms with van der Waals surface area (Å²) in [5.41, 5.74) is 0. The number of ether oxygens (including phenoxy) is 4. The Morgan fingerprint density at radius 3 is 2.37 bits per heavy atom. The lowest BCUT2D eigenvalue weighted by Gasteiger charge is -2.42. The highest BCUT2D eigenvalue weighted by Crippen LogP contribution is 2.76. The number of alkyl halides is 3. The molecule has 5 atom stereocenters. The lowest BCUT2D eigenvalue weighted by atomic mass is 9.86. The Hall–Kier alpha value is 0.710. The van der Waals surface area contributed by atoms with Crippen molar-refractivity contribution in [2.24, 2.45) is 5.92 Å². The van der Waals surface area contributed by atoms with Gasteiger partial charge >= 0.3 is 0 Å². The molecule has 0 aromatic carbocycles. The lowest BCUT2D eigenvalue weighted by molar-refractivity contribution is -0.263. The van der Waals surface area contributed by atoms with Gasteiger partial charge in [-0.1, -0.05) is 0 Å². The fraction of sp³-hybridized carbons (Fsp3) is 1.00. The van der Waals surface area contributed by atoms with E-state index in [1.54, 1.807) is 0 Å². The highest BCUT2D eigenvalue weighted by atomic mass is 35.5. The molecule has 4 nitrogen and oxygen atoms in total. The molecule has 2 saturated carbocycles. The van der Waals surface area contributed by atoms with Gasteiger partial charge in [-0.15, -0.1) is 34.8 Å². The van der Waals surface area contributed by atoms with Gasteiger partial charge in [0.05, 0.1) is 6.61 Å². The van der Waals surface area contributed by atoms with Crippen molar-refractivity contribution in [1.82, 2.24) is 0 Å². The van der Waals surface area contributed by atoms with Crippen molar-refractivity contribution < 1.29 is 18.9 Å². The van der Waals surface area contributed by atoms with Crippen molar-refractivity contribution in [2.45, 2.75) is 40.0 Å². The predicted molar refractivity (Wildman–Crippen MR) is 72.0 cm³/mol. The minimum absolute atomic E-state index is 0.0203. The molecule has 0 aromatic heterocycles. The molecule has 0 aromatic rings. The summed E-state index contributed by atoms with van der Waals surface area (Å²) >= 11 is 20.3. The van der Waals surface area contributed by atoms with Crippen LogP contribution in [0, 0.1) is 5.92 Å². The predicted octanol–water partition coefficient (Wildman–Crippen LogP) is 2.33. The number of rotatable bonds is 4. The van der Waals surface area contributed by atoms with Crippen molar-refractivity contribution >= 4 is 34.8 Å². The maximum atomic E-state index is 6.93. The van der Waals surface area contributed by atoms with Crippen LogP contribution in [0.5, 0.6) is 0 Å². The number of hydrogen-bond acceptors (Lipinski definition) is 4. The highest BCUT2D eigenvalue weighted by molar-refractivity contribution is 6.39. The van der Waals surface area contributed by atoms with Crippen LogP contribution in [0.25, 0.3) is 0 Å². The van der Waals surface area contributed by atoms with E-state index >= 15 is 0 Å². The molecule has 19 heavy (non-hydrogen) atoms. The Morgan fingerprint density at radius 1 is 1.26 bits per heavy atom. The molecule has 2 aliphatic carbocycles. The third-order valence-corrected chi connectivity index (χ3v) is 7.02. The van der Waals surface area contributed by atoms with Gasteiger partial charge in [0.25, 0.3) is 0 Å². The Morgan fingerprint density at radius 2 is 1.89 bits per heavy atom. The van der Waals surface area contributed by atoms with Gasteiger partial charge in [-0.25, -0.2) is 0 Å². The Balaban J connectivity index is 2.23. The van der Waals surface area contributed by atoms with Crippen LogP contribution in [-0.2, 0) is 18.9 Å². The first-order chi connectivity index (χ1) is 8.90. The zero-order chi connectivity index (χ0) is 14.1. The molecule has 0 spiro atoms. The van der Waals surface area contributed by atoms with E-state index in [-0.39, 0.29) is 5.92 Å². The van der Waals surface area contributed by atoms with Gasteiger partial charge in [0.15, 0.2) is 4.87 Å². The van der Waals surface area contributed by atoms with E-state index in [1.165, 1.54) is 14.2 Å². The Kier molecular flexibility index (Phi) is 3.18. The van der Waals surface area contributed by atoms with Crippen LogP contribution in [-0.4, -0.2) is 54.1 Å². The van der Waals surface area contributed by atoms with Crippen LogP contribution >= 0.6 is 34.8 Å². The standard InChI is InChI=1S/C12H17Cl3O4/c1-4-18-11-8(13)9(14)5-7(6-19-11)10(11,15)12(9,16-2)17-3/h7-8H,4-6H2,1-3H3/t7-,8-,9-,10+,11-/m1/s1. The summed E-state index contributed by atoms with van der Waals surface area (Å²) in [5.74, 6) is -2.43. The molecule has 7 heteroatoms. The molecular weight excluding hydrogens is 314 g/mol. The summed E-state index contributed by atoms with van der Waals surface area (Å²) in [7, 11) is 3.05. The molecule has 0 unspecified atom stereocenters. The molecule has 3 aliphatic rings. The first-order valence-electron chi connectivity index (χ1n) is 6.30. The molecule has 1 aliphatic heterocycles. The van der Waals surface area contributed by atoms with Gasteiger partial charge in [0.2, 0.25) is 11.6 Å². The van der Waals surface area contributed by atoms with Crippen LogP contribution < -0.4 is 0 Å². The van der Waals surface area contributed by atoms with Crippen molar-refractivity contribution in [1.29, 1.82) is 0 Å². The fourth-order valence-corrected chi connectivity index (χ4v) is 6.15. The van der Waals surface area contributed by atoms with Gasteiger partial charge in [0, 0.05) is 26.7 Å². The first kappa shape index (κ1) is 14.6. The van der Waals surface area contributed by atoms with E-state index in [0.717, 1.165) is 0 Å². The first-order valence-corrected chi connectivity index (χ1v) is 7.49. The molecule has 0 amide bonds. The summed E-state index contributed by atoms with van der Waals surface area (Å²) < 4.78 is 23.0. The van der Waals surface area contributed by atoms with Gasteiger partial charge in [-0.3, -0.25) is 0 Å². The average Bonchev–Trinajstić information content (AvgIpc) is 2.76. The van der Waals surface area contributed by atoms with E-state index in [9.17, 15) is 0 Å². The topological polar surface area (TPSA) is 36.9 Å². The van der Waals surface area contributed by atoms with Crippen LogP contribution in [0.2, 0.25) is 0 Å². The van der Waals surface area contributed by atoms with Gasteiger partial charge in [-0.05, 0) is 13.3 Å². The van der Waals surface area contributed by atoms with E-state index in [2.05, 4.69) is 0 Å². The van der Waals surface area contributed by atoms with Gasteiger partial charge in [-0.2, -0.15) is 0 Å². The minimum atomic E-state index is -1.23. The molecule has 2 bridgehead atoms. The fourth-order valence-electron chi connectivity index (χ4n) is 4.20. The zero-order valence-corrected chi connectivity index (χ0v) is 13.3. The van der Waals surface area contributed by atoms with Crippen molar-refractivity contribution in [3.8, 4) is 0 Å². The number of halogens is 3. The molecule has 1 heterocycles. The Labute approximate surface area is 127 Å². The van der Waals surface area contributed by atoms with Gasteiger partial charge in [0.1, 0.15) is 10.3 Å². The zero-order valence-electron chi connectivity index (χ0n) is 11.0. The molecule has 0 N–H and O–H groups in total. The number of methoxy groups -OCH3 is 2. The second kappa shape index (κ2) is 4.13. The normalized spacial score (nSPS) is 54.0. The number of hydrogen-bond donors (Lipinski definition) is 0. The smallest absolute Gasteiger partial charge is 0.214 e. The molecule has 3 fully saturated rings. The maximum absolute atomic E-state index is 6.93. The summed E-state index contributed by atoms with van der Waals surface area (Å²) in [6.45, 7) is 2.72. The molecular formula is C12H17Cl3O4.